The fraction of sp³-hybridized carbons (Fsp3) is 0.115. The second-order valence-electron chi connectivity index (χ2n) is 7.90. The predicted molar refractivity (Wildman–Crippen MR) is 133 cm³/mol. The van der Waals surface area contributed by atoms with Crippen LogP contribution in [-0.4, -0.2) is 20.9 Å². The average Bonchev–Trinajstić information content (AvgIpc) is 2.86. The molecule has 0 atom stereocenters. The first kappa shape index (κ1) is 25.5. The smallest absolute Gasteiger partial charge is 0.350 e. The second kappa shape index (κ2) is 10.2. The van der Waals surface area contributed by atoms with E-state index in [4.69, 9.17) is 11.6 Å². The highest BCUT2D eigenvalue weighted by atomic mass is 35.5. The van der Waals surface area contributed by atoms with E-state index >= 15 is 0 Å². The Bertz CT molecular complexity index is 1500. The lowest BCUT2D eigenvalue weighted by molar-refractivity contribution is -0.137. The Morgan fingerprint density at radius 1 is 0.889 bits per heavy atom. The molecule has 186 valence electrons. The number of carbonyl (C=O) groups is 1. The maximum absolute atomic E-state index is 13.5. The highest BCUT2D eigenvalue weighted by Crippen LogP contribution is 2.38. The van der Waals surface area contributed by atoms with Crippen molar-refractivity contribution in [3.8, 4) is 0 Å². The van der Waals surface area contributed by atoms with Gasteiger partial charge in [0.15, 0.2) is 0 Å². The van der Waals surface area contributed by atoms with Crippen LogP contribution in [0.2, 0.25) is 5.02 Å². The van der Waals surface area contributed by atoms with E-state index in [-0.39, 0.29) is 17.1 Å². The van der Waals surface area contributed by atoms with Crippen molar-refractivity contribution in [3.63, 3.8) is 0 Å². The van der Waals surface area contributed by atoms with Gasteiger partial charge in [-0.25, -0.2) is 8.42 Å². The predicted octanol–water partition coefficient (Wildman–Crippen LogP) is 6.02. The molecule has 0 heterocycles. The molecular weight excluding hydrogens is 513 g/mol. The number of benzene rings is 4. The SMILES string of the molecule is O=C(CN(c1ccc(Cl)c(C(F)(F)F)c1)S(=O)(=O)c1ccccc1)NCc1cccc2ccccc12. The van der Waals surface area contributed by atoms with Gasteiger partial charge < -0.3 is 5.32 Å². The van der Waals surface area contributed by atoms with Gasteiger partial charge in [-0.3, -0.25) is 9.10 Å². The Hall–Kier alpha value is -3.56. The van der Waals surface area contributed by atoms with Crippen molar-refractivity contribution in [2.24, 2.45) is 0 Å². The number of anilines is 1. The number of fused-ring (bicyclic) bond motifs is 1. The Morgan fingerprint density at radius 3 is 2.28 bits per heavy atom. The lowest BCUT2D eigenvalue weighted by Crippen LogP contribution is -2.40. The number of alkyl halides is 3. The average molecular weight is 533 g/mol. The summed E-state index contributed by atoms with van der Waals surface area (Å²) in [4.78, 5) is 12.7. The van der Waals surface area contributed by atoms with E-state index in [0.717, 1.165) is 28.5 Å². The van der Waals surface area contributed by atoms with Gasteiger partial charge >= 0.3 is 6.18 Å². The molecule has 0 aliphatic rings. The van der Waals surface area contributed by atoms with Gasteiger partial charge in [0, 0.05) is 6.54 Å². The van der Waals surface area contributed by atoms with Crippen molar-refractivity contribution in [1.82, 2.24) is 5.32 Å². The lowest BCUT2D eigenvalue weighted by Gasteiger charge is -2.25. The van der Waals surface area contributed by atoms with Crippen LogP contribution in [0, 0.1) is 0 Å². The van der Waals surface area contributed by atoms with Crippen LogP contribution in [0.15, 0.2) is 95.9 Å². The molecule has 0 bridgehead atoms. The molecular formula is C26H20ClF3N2O3S. The van der Waals surface area contributed by atoms with Crippen molar-refractivity contribution >= 4 is 44.0 Å². The lowest BCUT2D eigenvalue weighted by atomic mass is 10.0. The fourth-order valence-corrected chi connectivity index (χ4v) is 5.41. The van der Waals surface area contributed by atoms with Crippen molar-refractivity contribution in [3.05, 3.63) is 107 Å². The summed E-state index contributed by atoms with van der Waals surface area (Å²) in [5.41, 5.74) is -0.730. The normalized spacial score (nSPS) is 11.9. The van der Waals surface area contributed by atoms with Gasteiger partial charge in [-0.1, -0.05) is 72.3 Å². The number of sulfonamides is 1. The van der Waals surface area contributed by atoms with E-state index in [0.29, 0.717) is 10.4 Å². The summed E-state index contributed by atoms with van der Waals surface area (Å²) in [6.07, 6.45) is -4.81. The molecule has 0 aromatic heterocycles. The summed E-state index contributed by atoms with van der Waals surface area (Å²) in [6.45, 7) is -0.630. The summed E-state index contributed by atoms with van der Waals surface area (Å²) in [5.74, 6) is -0.689. The van der Waals surface area contributed by atoms with Gasteiger partial charge in [0.2, 0.25) is 5.91 Å². The number of nitrogens with zero attached hydrogens (tertiary/aromatic N) is 1. The van der Waals surface area contributed by atoms with Crippen LogP contribution in [0.3, 0.4) is 0 Å². The third kappa shape index (κ3) is 5.47. The van der Waals surface area contributed by atoms with Gasteiger partial charge in [-0.15, -0.1) is 0 Å². The van der Waals surface area contributed by atoms with E-state index in [9.17, 15) is 26.4 Å². The summed E-state index contributed by atoms with van der Waals surface area (Å²) < 4.78 is 67.9. The maximum Gasteiger partial charge on any atom is 0.417 e. The van der Waals surface area contributed by atoms with Crippen molar-refractivity contribution in [1.29, 1.82) is 0 Å². The highest BCUT2D eigenvalue weighted by molar-refractivity contribution is 7.92. The summed E-state index contributed by atoms with van der Waals surface area (Å²) in [7, 11) is -4.38. The van der Waals surface area contributed by atoms with Crippen molar-refractivity contribution in [2.75, 3.05) is 10.8 Å². The van der Waals surface area contributed by atoms with Gasteiger partial charge in [-0.05, 0) is 46.7 Å². The standard InChI is InChI=1S/C26H20ClF3N2O3S/c27-24-14-13-20(15-23(24)26(28,29)30)32(36(34,35)21-10-2-1-3-11-21)17-25(33)31-16-19-9-6-8-18-7-4-5-12-22(18)19/h1-15H,16-17H2,(H,31,33). The number of hydrogen-bond acceptors (Lipinski definition) is 3. The topological polar surface area (TPSA) is 66.5 Å². The molecule has 0 aliphatic heterocycles. The molecule has 0 aliphatic carbocycles. The van der Waals surface area contributed by atoms with Gasteiger partial charge in [0.25, 0.3) is 10.0 Å². The molecule has 4 aromatic carbocycles. The first-order valence-electron chi connectivity index (χ1n) is 10.8. The van der Waals surface area contributed by atoms with Crippen LogP contribution in [-0.2, 0) is 27.5 Å². The van der Waals surface area contributed by atoms with Gasteiger partial charge in [-0.2, -0.15) is 13.2 Å². The zero-order valence-electron chi connectivity index (χ0n) is 18.7. The van der Waals surface area contributed by atoms with E-state index < -0.39 is 39.2 Å². The molecule has 5 nitrogen and oxygen atoms in total. The summed E-state index contributed by atoms with van der Waals surface area (Å²) in [5, 5.41) is 3.99. The zero-order valence-corrected chi connectivity index (χ0v) is 20.2. The number of amides is 1. The third-order valence-corrected chi connectivity index (χ3v) is 7.64. The number of hydrogen-bond donors (Lipinski definition) is 1. The van der Waals surface area contributed by atoms with E-state index in [2.05, 4.69) is 5.32 Å². The molecule has 0 spiro atoms. The van der Waals surface area contributed by atoms with Gasteiger partial charge in [0.1, 0.15) is 6.54 Å². The first-order valence-corrected chi connectivity index (χ1v) is 12.6. The quantitative estimate of drug-likeness (QED) is 0.316. The number of nitrogens with one attached hydrogen (secondary N) is 1. The molecule has 0 saturated heterocycles. The van der Waals surface area contributed by atoms with E-state index in [1.807, 2.05) is 42.5 Å². The molecule has 4 aromatic rings. The third-order valence-electron chi connectivity index (χ3n) is 5.52. The largest absolute Gasteiger partial charge is 0.417 e. The second-order valence-corrected chi connectivity index (χ2v) is 10.2. The Labute approximate surface area is 211 Å². The van der Waals surface area contributed by atoms with Crippen LogP contribution < -0.4 is 9.62 Å². The molecule has 1 amide bonds. The molecule has 10 heteroatoms. The number of halogens is 4. The number of carbonyl (C=O) groups excluding carboxylic acids is 1. The molecule has 0 fully saturated rings. The molecule has 0 radical (unpaired) electrons. The minimum Gasteiger partial charge on any atom is -0.350 e. The molecule has 0 unspecified atom stereocenters. The van der Waals surface area contributed by atoms with Crippen LogP contribution >= 0.6 is 11.6 Å². The molecule has 36 heavy (non-hydrogen) atoms. The first-order chi connectivity index (χ1) is 17.1. The highest BCUT2D eigenvalue weighted by Gasteiger charge is 2.35. The fourth-order valence-electron chi connectivity index (χ4n) is 3.75. The zero-order chi connectivity index (χ0) is 25.9. The van der Waals surface area contributed by atoms with Crippen LogP contribution in [0.1, 0.15) is 11.1 Å². The van der Waals surface area contributed by atoms with E-state index in [1.54, 1.807) is 6.07 Å². The Kier molecular flexibility index (Phi) is 7.23. The maximum atomic E-state index is 13.5. The molecule has 1 N–H and O–H groups in total. The van der Waals surface area contributed by atoms with Crippen LogP contribution in [0.25, 0.3) is 10.8 Å². The van der Waals surface area contributed by atoms with Crippen molar-refractivity contribution < 1.29 is 26.4 Å². The van der Waals surface area contributed by atoms with Gasteiger partial charge in [0.05, 0.1) is 21.2 Å². The summed E-state index contributed by atoms with van der Waals surface area (Å²) in [6, 6.07) is 23.0. The molecule has 4 rings (SSSR count). The molecule has 0 saturated carbocycles. The van der Waals surface area contributed by atoms with Crippen LogP contribution in [0.4, 0.5) is 18.9 Å². The monoisotopic (exact) mass is 532 g/mol. The van der Waals surface area contributed by atoms with Crippen molar-refractivity contribution in [2.45, 2.75) is 17.6 Å². The summed E-state index contributed by atoms with van der Waals surface area (Å²) >= 11 is 5.72. The number of rotatable bonds is 7. The van der Waals surface area contributed by atoms with E-state index in [1.165, 1.54) is 24.3 Å². The Morgan fingerprint density at radius 2 is 1.56 bits per heavy atom. The minimum atomic E-state index is -4.81. The van der Waals surface area contributed by atoms with Crippen LogP contribution in [0.5, 0.6) is 0 Å². The Balaban J connectivity index is 1.66. The minimum absolute atomic E-state index is 0.105.